The molecule has 3 saturated heterocycles. The van der Waals surface area contributed by atoms with Gasteiger partial charge >= 0.3 is 0 Å². The Morgan fingerprint density at radius 1 is 1.21 bits per heavy atom. The fourth-order valence-corrected chi connectivity index (χ4v) is 1.79. The molecule has 3 fully saturated rings. The van der Waals surface area contributed by atoms with Crippen molar-refractivity contribution in [2.75, 3.05) is 26.4 Å². The fourth-order valence-electron chi connectivity index (χ4n) is 1.79. The molecule has 4 heteroatoms. The van der Waals surface area contributed by atoms with E-state index in [0.29, 0.717) is 12.5 Å². The molecule has 3 aliphatic heterocycles. The first-order valence-corrected chi connectivity index (χ1v) is 5.19. The first-order valence-electron chi connectivity index (χ1n) is 5.19. The molecule has 4 nitrogen and oxygen atoms in total. The van der Waals surface area contributed by atoms with Crippen molar-refractivity contribution in [2.24, 2.45) is 17.1 Å². The minimum absolute atomic E-state index is 0.0493. The summed E-state index contributed by atoms with van der Waals surface area (Å²) in [5, 5.41) is 0. The van der Waals surface area contributed by atoms with E-state index in [2.05, 4.69) is 13.8 Å². The second-order valence-electron chi connectivity index (χ2n) is 4.90. The third-order valence-corrected chi connectivity index (χ3v) is 2.92. The first kappa shape index (κ1) is 10.4. The zero-order valence-corrected chi connectivity index (χ0v) is 8.91. The fraction of sp³-hybridized carbons (Fsp3) is 1.00. The van der Waals surface area contributed by atoms with Crippen LogP contribution in [0, 0.1) is 11.3 Å². The molecule has 2 bridgehead atoms. The monoisotopic (exact) mass is 201 g/mol. The standard InChI is InChI=1S/C10H19NO3/c1-8(4-11)3-10-12-5-9(2,6-13-10)7-14-10/h8H,3-7,11H2,1-2H3. The van der Waals surface area contributed by atoms with Crippen molar-refractivity contribution in [2.45, 2.75) is 26.2 Å². The summed E-state index contributed by atoms with van der Waals surface area (Å²) in [7, 11) is 0. The third kappa shape index (κ3) is 1.80. The summed E-state index contributed by atoms with van der Waals surface area (Å²) in [5.74, 6) is -0.436. The summed E-state index contributed by atoms with van der Waals surface area (Å²) < 4.78 is 16.9. The van der Waals surface area contributed by atoms with Crippen molar-refractivity contribution in [1.82, 2.24) is 0 Å². The molecule has 82 valence electrons. The molecule has 1 unspecified atom stereocenters. The summed E-state index contributed by atoms with van der Waals surface area (Å²) in [6.45, 7) is 7.00. The summed E-state index contributed by atoms with van der Waals surface area (Å²) in [4.78, 5) is 0. The molecule has 3 heterocycles. The maximum Gasteiger partial charge on any atom is 0.283 e. The lowest BCUT2D eigenvalue weighted by atomic mass is 9.91. The summed E-state index contributed by atoms with van der Waals surface area (Å²) in [5.41, 5.74) is 5.62. The summed E-state index contributed by atoms with van der Waals surface area (Å²) >= 11 is 0. The van der Waals surface area contributed by atoms with Crippen molar-refractivity contribution < 1.29 is 14.2 Å². The summed E-state index contributed by atoms with van der Waals surface area (Å²) in [6.07, 6.45) is 0.722. The number of hydrogen-bond donors (Lipinski definition) is 1. The van der Waals surface area contributed by atoms with Crippen LogP contribution in [0.3, 0.4) is 0 Å². The highest BCUT2D eigenvalue weighted by Crippen LogP contribution is 2.40. The van der Waals surface area contributed by atoms with Gasteiger partial charge in [0.15, 0.2) is 0 Å². The molecule has 0 saturated carbocycles. The Morgan fingerprint density at radius 3 is 2.14 bits per heavy atom. The van der Waals surface area contributed by atoms with Gasteiger partial charge in [-0.2, -0.15) is 0 Å². The minimum atomic E-state index is -0.795. The molecule has 1 atom stereocenters. The Morgan fingerprint density at radius 2 is 1.71 bits per heavy atom. The molecule has 3 rings (SSSR count). The van der Waals surface area contributed by atoms with Crippen molar-refractivity contribution in [1.29, 1.82) is 0 Å². The van der Waals surface area contributed by atoms with E-state index in [0.717, 1.165) is 26.2 Å². The van der Waals surface area contributed by atoms with Crippen LogP contribution < -0.4 is 5.73 Å². The van der Waals surface area contributed by atoms with Crippen molar-refractivity contribution in [3.05, 3.63) is 0 Å². The van der Waals surface area contributed by atoms with Crippen LogP contribution in [0.15, 0.2) is 0 Å². The highest BCUT2D eigenvalue weighted by molar-refractivity contribution is 4.85. The lowest BCUT2D eigenvalue weighted by Gasteiger charge is -2.51. The van der Waals surface area contributed by atoms with E-state index in [1.165, 1.54) is 0 Å². The van der Waals surface area contributed by atoms with Crippen LogP contribution in [-0.4, -0.2) is 32.3 Å². The Kier molecular flexibility index (Phi) is 2.55. The van der Waals surface area contributed by atoms with Crippen LogP contribution in [0.25, 0.3) is 0 Å². The van der Waals surface area contributed by atoms with Crippen molar-refractivity contribution >= 4 is 0 Å². The van der Waals surface area contributed by atoms with Gasteiger partial charge in [0.05, 0.1) is 19.8 Å². The van der Waals surface area contributed by atoms with E-state index in [4.69, 9.17) is 19.9 Å². The predicted molar refractivity (Wildman–Crippen MR) is 51.5 cm³/mol. The van der Waals surface area contributed by atoms with Gasteiger partial charge in [-0.3, -0.25) is 0 Å². The molecule has 0 aromatic heterocycles. The van der Waals surface area contributed by atoms with E-state index in [1.807, 2.05) is 0 Å². The minimum Gasteiger partial charge on any atom is -0.330 e. The van der Waals surface area contributed by atoms with Gasteiger partial charge in [0.25, 0.3) is 5.97 Å². The molecule has 3 aliphatic rings. The normalized spacial score (nSPS) is 43.9. The van der Waals surface area contributed by atoms with Gasteiger partial charge in [-0.25, -0.2) is 0 Å². The Labute approximate surface area is 84.7 Å². The quantitative estimate of drug-likeness (QED) is 0.730. The average molecular weight is 201 g/mol. The molecular weight excluding hydrogens is 182 g/mol. The van der Waals surface area contributed by atoms with Crippen LogP contribution in [0.5, 0.6) is 0 Å². The number of ether oxygens (including phenoxy) is 3. The molecule has 0 aromatic carbocycles. The number of nitrogens with two attached hydrogens (primary N) is 1. The molecule has 0 spiro atoms. The first-order chi connectivity index (χ1) is 6.58. The molecule has 14 heavy (non-hydrogen) atoms. The summed E-state index contributed by atoms with van der Waals surface area (Å²) in [6, 6.07) is 0. The molecule has 0 aliphatic carbocycles. The average Bonchev–Trinajstić information content (AvgIpc) is 2.20. The topological polar surface area (TPSA) is 53.7 Å². The van der Waals surface area contributed by atoms with Gasteiger partial charge in [-0.1, -0.05) is 13.8 Å². The lowest BCUT2D eigenvalue weighted by molar-refractivity contribution is -0.469. The number of hydrogen-bond acceptors (Lipinski definition) is 4. The van der Waals surface area contributed by atoms with E-state index in [1.54, 1.807) is 0 Å². The van der Waals surface area contributed by atoms with Crippen molar-refractivity contribution in [3.63, 3.8) is 0 Å². The zero-order valence-electron chi connectivity index (χ0n) is 8.91. The largest absolute Gasteiger partial charge is 0.330 e. The van der Waals surface area contributed by atoms with Gasteiger partial charge < -0.3 is 19.9 Å². The maximum atomic E-state index is 5.64. The second kappa shape index (κ2) is 3.45. The second-order valence-corrected chi connectivity index (χ2v) is 4.90. The van der Waals surface area contributed by atoms with Crippen LogP contribution in [0.4, 0.5) is 0 Å². The highest BCUT2D eigenvalue weighted by atomic mass is 16.9. The number of rotatable bonds is 3. The van der Waals surface area contributed by atoms with E-state index >= 15 is 0 Å². The Balaban J connectivity index is 1.98. The van der Waals surface area contributed by atoms with Crippen molar-refractivity contribution in [3.8, 4) is 0 Å². The molecule has 0 radical (unpaired) electrons. The van der Waals surface area contributed by atoms with E-state index < -0.39 is 5.97 Å². The smallest absolute Gasteiger partial charge is 0.283 e. The maximum absolute atomic E-state index is 5.64. The third-order valence-electron chi connectivity index (χ3n) is 2.92. The van der Waals surface area contributed by atoms with Gasteiger partial charge in [-0.15, -0.1) is 0 Å². The van der Waals surface area contributed by atoms with Gasteiger partial charge in [0, 0.05) is 11.8 Å². The van der Waals surface area contributed by atoms with Crippen LogP contribution in [0.2, 0.25) is 0 Å². The molecule has 0 aromatic rings. The SMILES string of the molecule is CC(CN)CC12OCC(C)(CO1)CO2. The van der Waals surface area contributed by atoms with Gasteiger partial charge in [0.1, 0.15) is 0 Å². The zero-order chi connectivity index (χ0) is 10.2. The molecule has 0 amide bonds. The Hall–Kier alpha value is -0.160. The lowest BCUT2D eigenvalue weighted by Crippen LogP contribution is -2.59. The number of fused-ring (bicyclic) bond motifs is 3. The van der Waals surface area contributed by atoms with E-state index in [9.17, 15) is 0 Å². The van der Waals surface area contributed by atoms with Crippen LogP contribution in [0.1, 0.15) is 20.3 Å². The van der Waals surface area contributed by atoms with Crippen LogP contribution >= 0.6 is 0 Å². The van der Waals surface area contributed by atoms with Crippen LogP contribution in [-0.2, 0) is 14.2 Å². The molecular formula is C10H19NO3. The predicted octanol–water partition coefficient (Wildman–Crippen LogP) is 0.708. The highest BCUT2D eigenvalue weighted by Gasteiger charge is 2.50. The van der Waals surface area contributed by atoms with Gasteiger partial charge in [-0.05, 0) is 12.5 Å². The Bertz CT molecular complexity index is 195. The molecule has 2 N–H and O–H groups in total. The van der Waals surface area contributed by atoms with Gasteiger partial charge in [0.2, 0.25) is 0 Å². The van der Waals surface area contributed by atoms with E-state index in [-0.39, 0.29) is 5.41 Å².